The van der Waals surface area contributed by atoms with Crippen molar-refractivity contribution < 1.29 is 27.4 Å². The number of nitrogens with one attached hydrogen (secondary N) is 2. The van der Waals surface area contributed by atoms with Crippen molar-refractivity contribution in [3.8, 4) is 22.9 Å². The zero-order valence-corrected chi connectivity index (χ0v) is 22.0. The third-order valence-corrected chi connectivity index (χ3v) is 6.61. The molecule has 9 nitrogen and oxygen atoms in total. The lowest BCUT2D eigenvalue weighted by molar-refractivity contribution is -0.137. The van der Waals surface area contributed by atoms with Crippen molar-refractivity contribution in [2.24, 2.45) is 5.92 Å². The maximum absolute atomic E-state index is 12.9. The highest BCUT2D eigenvalue weighted by Gasteiger charge is 2.30. The number of methoxy groups -OCH3 is 2. The van der Waals surface area contributed by atoms with Crippen LogP contribution in [0.3, 0.4) is 0 Å². The molecule has 208 valence electrons. The molecule has 4 rings (SSSR count). The summed E-state index contributed by atoms with van der Waals surface area (Å²) in [5.41, 5.74) is 0.383. The van der Waals surface area contributed by atoms with Crippen LogP contribution >= 0.6 is 0 Å². The smallest absolute Gasteiger partial charge is 0.416 e. The highest BCUT2D eigenvalue weighted by atomic mass is 19.4. The average Bonchev–Trinajstić information content (AvgIpc) is 2.95. The molecule has 2 aromatic carbocycles. The summed E-state index contributed by atoms with van der Waals surface area (Å²) in [5, 5.41) is 5.73. The van der Waals surface area contributed by atoms with Crippen LogP contribution in [0.5, 0.6) is 11.5 Å². The standard InChI is InChI=1S/C27H31F3N6O3/c1-31-25-33-24(21-8-7-20(38-2)15-22(21)39-3)34-26(35-25)36-11-9-17(10-12-36)14-23(37)32-16-18-5-4-6-19(13-18)27(28,29)30/h4-8,13,15,17H,9-12,14,16H2,1-3H3,(H,32,37)(H,31,33,34,35). The van der Waals surface area contributed by atoms with Crippen LogP contribution in [0, 0.1) is 5.92 Å². The Morgan fingerprint density at radius 1 is 1.05 bits per heavy atom. The summed E-state index contributed by atoms with van der Waals surface area (Å²) in [6.07, 6.45) is -2.61. The molecule has 1 fully saturated rings. The minimum Gasteiger partial charge on any atom is -0.497 e. The number of nitrogens with zero attached hydrogens (tertiary/aromatic N) is 4. The molecule has 3 aromatic rings. The van der Waals surface area contributed by atoms with Crippen molar-refractivity contribution in [3.05, 3.63) is 53.6 Å². The molecule has 1 aromatic heterocycles. The van der Waals surface area contributed by atoms with Crippen molar-refractivity contribution in [2.45, 2.75) is 32.0 Å². The maximum atomic E-state index is 12.9. The summed E-state index contributed by atoms with van der Waals surface area (Å²) >= 11 is 0. The van der Waals surface area contributed by atoms with Gasteiger partial charge in [0.25, 0.3) is 0 Å². The van der Waals surface area contributed by atoms with E-state index in [9.17, 15) is 18.0 Å². The molecule has 0 radical (unpaired) electrons. The van der Waals surface area contributed by atoms with Gasteiger partial charge in [0, 0.05) is 39.2 Å². The molecule has 39 heavy (non-hydrogen) atoms. The number of hydrogen-bond acceptors (Lipinski definition) is 8. The first-order chi connectivity index (χ1) is 18.7. The summed E-state index contributed by atoms with van der Waals surface area (Å²) in [7, 11) is 4.89. The maximum Gasteiger partial charge on any atom is 0.416 e. The highest BCUT2D eigenvalue weighted by molar-refractivity contribution is 5.76. The zero-order chi connectivity index (χ0) is 28.0. The number of aromatic nitrogens is 3. The predicted molar refractivity (Wildman–Crippen MR) is 141 cm³/mol. The molecule has 0 atom stereocenters. The summed E-state index contributed by atoms with van der Waals surface area (Å²) in [5.74, 6) is 2.59. The van der Waals surface area contributed by atoms with Gasteiger partial charge in [0.1, 0.15) is 11.5 Å². The quantitative estimate of drug-likeness (QED) is 0.405. The van der Waals surface area contributed by atoms with Crippen molar-refractivity contribution in [1.29, 1.82) is 0 Å². The summed E-state index contributed by atoms with van der Waals surface area (Å²) < 4.78 is 49.6. The van der Waals surface area contributed by atoms with Crippen LogP contribution in [0.2, 0.25) is 0 Å². The van der Waals surface area contributed by atoms with Gasteiger partial charge in [-0.2, -0.15) is 28.1 Å². The van der Waals surface area contributed by atoms with Crippen LogP contribution in [0.15, 0.2) is 42.5 Å². The summed E-state index contributed by atoms with van der Waals surface area (Å²) in [6.45, 7) is 1.35. The van der Waals surface area contributed by atoms with E-state index in [1.54, 1.807) is 33.4 Å². The highest BCUT2D eigenvalue weighted by Crippen LogP contribution is 2.33. The van der Waals surface area contributed by atoms with E-state index in [1.165, 1.54) is 6.07 Å². The molecule has 2 N–H and O–H groups in total. The number of hydrogen-bond donors (Lipinski definition) is 2. The Balaban J connectivity index is 1.36. The van der Waals surface area contributed by atoms with Gasteiger partial charge in [-0.1, -0.05) is 12.1 Å². The second-order valence-corrected chi connectivity index (χ2v) is 9.21. The fourth-order valence-corrected chi connectivity index (χ4v) is 4.45. The van der Waals surface area contributed by atoms with E-state index >= 15 is 0 Å². The van der Waals surface area contributed by atoms with Gasteiger partial charge in [0.2, 0.25) is 17.8 Å². The number of halogens is 3. The van der Waals surface area contributed by atoms with E-state index in [0.29, 0.717) is 59.9 Å². The van der Waals surface area contributed by atoms with Gasteiger partial charge in [-0.15, -0.1) is 0 Å². The Morgan fingerprint density at radius 3 is 2.49 bits per heavy atom. The zero-order valence-electron chi connectivity index (χ0n) is 22.0. The van der Waals surface area contributed by atoms with Gasteiger partial charge in [-0.25, -0.2) is 0 Å². The molecule has 0 saturated carbocycles. The Morgan fingerprint density at radius 2 is 1.82 bits per heavy atom. The number of ether oxygens (including phenoxy) is 2. The Hall–Kier alpha value is -4.09. The van der Waals surface area contributed by atoms with E-state index in [-0.39, 0.29) is 18.4 Å². The van der Waals surface area contributed by atoms with Crippen LogP contribution < -0.4 is 25.0 Å². The van der Waals surface area contributed by atoms with Crippen molar-refractivity contribution in [1.82, 2.24) is 20.3 Å². The van der Waals surface area contributed by atoms with E-state index in [4.69, 9.17) is 14.5 Å². The van der Waals surface area contributed by atoms with Crippen molar-refractivity contribution in [2.75, 3.05) is 44.6 Å². The van der Waals surface area contributed by atoms with Gasteiger partial charge < -0.3 is 25.0 Å². The van der Waals surface area contributed by atoms with Crippen LogP contribution in [0.1, 0.15) is 30.4 Å². The van der Waals surface area contributed by atoms with Gasteiger partial charge in [0.15, 0.2) is 5.82 Å². The first-order valence-corrected chi connectivity index (χ1v) is 12.5. The largest absolute Gasteiger partial charge is 0.497 e. The number of alkyl halides is 3. The Bertz CT molecular complexity index is 1300. The van der Waals surface area contributed by atoms with Gasteiger partial charge in [-0.3, -0.25) is 4.79 Å². The average molecular weight is 545 g/mol. The minimum absolute atomic E-state index is 0.0524. The first-order valence-electron chi connectivity index (χ1n) is 12.5. The van der Waals surface area contributed by atoms with E-state index in [2.05, 4.69) is 25.5 Å². The van der Waals surface area contributed by atoms with Crippen molar-refractivity contribution >= 4 is 17.8 Å². The monoisotopic (exact) mass is 544 g/mol. The SMILES string of the molecule is CNc1nc(-c2ccc(OC)cc2OC)nc(N2CCC(CC(=O)NCc3cccc(C(F)(F)F)c3)CC2)n1. The Kier molecular flexibility index (Phi) is 8.72. The molecule has 0 aliphatic carbocycles. The molecule has 1 amide bonds. The van der Waals surface area contributed by atoms with Crippen LogP contribution in [-0.4, -0.2) is 55.2 Å². The topological polar surface area (TPSA) is 102 Å². The number of piperidine rings is 1. The lowest BCUT2D eigenvalue weighted by Gasteiger charge is -2.32. The van der Waals surface area contributed by atoms with E-state index in [0.717, 1.165) is 25.0 Å². The van der Waals surface area contributed by atoms with Crippen molar-refractivity contribution in [3.63, 3.8) is 0 Å². The molecule has 0 unspecified atom stereocenters. The number of benzene rings is 2. The van der Waals surface area contributed by atoms with Gasteiger partial charge in [-0.05, 0) is 48.6 Å². The fraction of sp³-hybridized carbons (Fsp3) is 0.407. The molecule has 1 saturated heterocycles. The number of amides is 1. The molecular weight excluding hydrogens is 513 g/mol. The third-order valence-electron chi connectivity index (χ3n) is 6.61. The second kappa shape index (κ2) is 12.2. The number of carbonyl (C=O) groups excluding carboxylic acids is 1. The lowest BCUT2D eigenvalue weighted by atomic mass is 9.93. The molecular formula is C27H31F3N6O3. The first kappa shape index (κ1) is 27.9. The molecule has 0 bridgehead atoms. The fourth-order valence-electron chi connectivity index (χ4n) is 4.45. The number of carbonyl (C=O) groups is 1. The number of anilines is 2. The number of rotatable bonds is 9. The van der Waals surface area contributed by atoms with Gasteiger partial charge >= 0.3 is 6.18 Å². The lowest BCUT2D eigenvalue weighted by Crippen LogP contribution is -2.37. The second-order valence-electron chi connectivity index (χ2n) is 9.21. The van der Waals surface area contributed by atoms with E-state index < -0.39 is 11.7 Å². The molecule has 12 heteroatoms. The molecule has 1 aliphatic rings. The predicted octanol–water partition coefficient (Wildman–Crippen LogP) is 4.54. The summed E-state index contributed by atoms with van der Waals surface area (Å²) in [4.78, 5) is 28.3. The van der Waals surface area contributed by atoms with Crippen LogP contribution in [0.25, 0.3) is 11.4 Å². The van der Waals surface area contributed by atoms with Crippen LogP contribution in [0.4, 0.5) is 25.1 Å². The normalized spacial score (nSPS) is 14.2. The molecule has 0 spiro atoms. The summed E-state index contributed by atoms with van der Waals surface area (Å²) in [6, 6.07) is 10.4. The molecule has 1 aliphatic heterocycles. The van der Waals surface area contributed by atoms with E-state index in [1.807, 2.05) is 12.1 Å². The minimum atomic E-state index is -4.41. The van der Waals surface area contributed by atoms with Crippen LogP contribution in [-0.2, 0) is 17.5 Å². The molecule has 2 heterocycles. The third kappa shape index (κ3) is 7.06. The van der Waals surface area contributed by atoms with Gasteiger partial charge in [0.05, 0.1) is 25.3 Å². The Labute approximate surface area is 224 Å².